The Balaban J connectivity index is 1.45. The Hall–Kier alpha value is -3.02. The van der Waals surface area contributed by atoms with E-state index in [0.717, 1.165) is 17.0 Å². The number of ether oxygens (including phenoxy) is 2. The predicted molar refractivity (Wildman–Crippen MR) is 110 cm³/mol. The molecule has 0 aliphatic carbocycles. The van der Waals surface area contributed by atoms with Crippen LogP contribution in [0.1, 0.15) is 32.3 Å². The number of benzene rings is 2. The van der Waals surface area contributed by atoms with Gasteiger partial charge in [0, 0.05) is 18.8 Å². The molecule has 4 rings (SSSR count). The average Bonchev–Trinajstić information content (AvgIpc) is 3.00. The first kappa shape index (κ1) is 19.3. The number of piperidine rings is 1. The maximum absolute atomic E-state index is 13.2. The summed E-state index contributed by atoms with van der Waals surface area (Å²) in [7, 11) is 1.61. The number of rotatable bonds is 4. The Bertz CT molecular complexity index is 928. The van der Waals surface area contributed by atoms with E-state index in [-0.39, 0.29) is 11.8 Å². The van der Waals surface area contributed by atoms with Crippen molar-refractivity contribution < 1.29 is 19.1 Å². The predicted octanol–water partition coefficient (Wildman–Crippen LogP) is 3.37. The van der Waals surface area contributed by atoms with Crippen LogP contribution < -0.4 is 14.8 Å². The number of methoxy groups -OCH3 is 1. The van der Waals surface area contributed by atoms with Crippen molar-refractivity contribution in [3.63, 3.8) is 0 Å². The molecule has 0 aromatic heterocycles. The summed E-state index contributed by atoms with van der Waals surface area (Å²) in [5.41, 5.74) is 0.398. The molecule has 0 unspecified atom stereocenters. The fourth-order valence-corrected chi connectivity index (χ4v) is 4.32. The van der Waals surface area contributed by atoms with Gasteiger partial charge in [-0.3, -0.25) is 9.59 Å². The molecule has 0 bridgehead atoms. The van der Waals surface area contributed by atoms with Gasteiger partial charge in [0.2, 0.25) is 5.91 Å². The highest BCUT2D eigenvalue weighted by Crippen LogP contribution is 2.45. The van der Waals surface area contributed by atoms with Crippen LogP contribution in [-0.2, 0) is 15.0 Å². The van der Waals surface area contributed by atoms with E-state index < -0.39 is 11.0 Å². The highest BCUT2D eigenvalue weighted by atomic mass is 16.5. The maximum atomic E-state index is 13.2. The van der Waals surface area contributed by atoms with Crippen molar-refractivity contribution in [1.82, 2.24) is 4.90 Å². The van der Waals surface area contributed by atoms with Crippen LogP contribution in [-0.4, -0.2) is 42.5 Å². The Morgan fingerprint density at radius 2 is 1.66 bits per heavy atom. The number of nitrogens with one attached hydrogen (secondary N) is 1. The fraction of sp³-hybridized carbons (Fsp3) is 0.391. The summed E-state index contributed by atoms with van der Waals surface area (Å²) in [4.78, 5) is 27.7. The van der Waals surface area contributed by atoms with Crippen molar-refractivity contribution in [2.24, 2.45) is 0 Å². The normalized spacial score (nSPS) is 17.6. The Morgan fingerprint density at radius 3 is 2.31 bits per heavy atom. The smallest absolute Gasteiger partial charge is 0.266 e. The SMILES string of the molecule is COc1ccc(OC(C)(C)C(=O)N2CCC3(CC2)C(=O)Nc2ccccc23)cc1. The Kier molecular flexibility index (Phi) is 4.73. The lowest BCUT2D eigenvalue weighted by Crippen LogP contribution is -2.54. The van der Waals surface area contributed by atoms with Gasteiger partial charge in [-0.2, -0.15) is 0 Å². The maximum Gasteiger partial charge on any atom is 0.266 e. The van der Waals surface area contributed by atoms with Crippen LogP contribution in [0.5, 0.6) is 11.5 Å². The zero-order valence-electron chi connectivity index (χ0n) is 17.0. The van der Waals surface area contributed by atoms with E-state index in [1.165, 1.54) is 0 Å². The number of hydrogen-bond donors (Lipinski definition) is 1. The third kappa shape index (κ3) is 3.33. The topological polar surface area (TPSA) is 67.9 Å². The van der Waals surface area contributed by atoms with Crippen molar-refractivity contribution in [2.75, 3.05) is 25.5 Å². The molecule has 0 saturated carbocycles. The van der Waals surface area contributed by atoms with Gasteiger partial charge < -0.3 is 19.7 Å². The number of amides is 2. The summed E-state index contributed by atoms with van der Waals surface area (Å²) < 4.78 is 11.1. The quantitative estimate of drug-likeness (QED) is 0.863. The van der Waals surface area contributed by atoms with Crippen LogP contribution in [0.4, 0.5) is 5.69 Å². The third-order valence-corrected chi connectivity index (χ3v) is 5.98. The number of carbonyl (C=O) groups excluding carboxylic acids is 2. The van der Waals surface area contributed by atoms with Gasteiger partial charge in [-0.15, -0.1) is 0 Å². The van der Waals surface area contributed by atoms with E-state index in [9.17, 15) is 9.59 Å². The second-order valence-electron chi connectivity index (χ2n) is 8.16. The Morgan fingerprint density at radius 1 is 1.03 bits per heavy atom. The molecule has 6 heteroatoms. The van der Waals surface area contributed by atoms with Crippen molar-refractivity contribution in [2.45, 2.75) is 37.7 Å². The number of hydrogen-bond acceptors (Lipinski definition) is 4. The molecule has 29 heavy (non-hydrogen) atoms. The van der Waals surface area contributed by atoms with Crippen molar-refractivity contribution >= 4 is 17.5 Å². The molecule has 2 heterocycles. The minimum Gasteiger partial charge on any atom is -0.497 e. The van der Waals surface area contributed by atoms with Gasteiger partial charge >= 0.3 is 0 Å². The first-order valence-electron chi connectivity index (χ1n) is 9.89. The molecule has 6 nitrogen and oxygen atoms in total. The van der Waals surface area contributed by atoms with Crippen LogP contribution in [0.15, 0.2) is 48.5 Å². The van der Waals surface area contributed by atoms with Crippen LogP contribution in [0, 0.1) is 0 Å². The summed E-state index contributed by atoms with van der Waals surface area (Å²) in [5.74, 6) is 1.31. The summed E-state index contributed by atoms with van der Waals surface area (Å²) in [6.07, 6.45) is 1.22. The molecule has 2 aromatic carbocycles. The lowest BCUT2D eigenvalue weighted by Gasteiger charge is -2.40. The molecule has 1 spiro atoms. The zero-order valence-corrected chi connectivity index (χ0v) is 17.0. The van der Waals surface area contributed by atoms with Gasteiger partial charge in [-0.1, -0.05) is 18.2 Å². The largest absolute Gasteiger partial charge is 0.497 e. The number of likely N-dealkylation sites (tertiary alicyclic amines) is 1. The van der Waals surface area contributed by atoms with Crippen molar-refractivity contribution in [1.29, 1.82) is 0 Å². The van der Waals surface area contributed by atoms with E-state index in [0.29, 0.717) is 31.7 Å². The van der Waals surface area contributed by atoms with E-state index in [1.807, 2.05) is 29.2 Å². The van der Waals surface area contributed by atoms with Crippen molar-refractivity contribution in [3.8, 4) is 11.5 Å². The minimum absolute atomic E-state index is 0.0412. The molecule has 2 amide bonds. The number of anilines is 1. The van der Waals surface area contributed by atoms with Gasteiger partial charge in [0.25, 0.3) is 5.91 Å². The van der Waals surface area contributed by atoms with Crippen LogP contribution in [0.3, 0.4) is 0 Å². The molecule has 2 aliphatic heterocycles. The molecule has 2 aromatic rings. The van der Waals surface area contributed by atoms with E-state index in [4.69, 9.17) is 9.47 Å². The van der Waals surface area contributed by atoms with E-state index >= 15 is 0 Å². The number of fused-ring (bicyclic) bond motifs is 2. The third-order valence-electron chi connectivity index (χ3n) is 5.98. The number of para-hydroxylation sites is 1. The monoisotopic (exact) mass is 394 g/mol. The molecule has 0 radical (unpaired) electrons. The molecule has 2 aliphatic rings. The molecule has 1 N–H and O–H groups in total. The van der Waals surface area contributed by atoms with Crippen LogP contribution in [0.2, 0.25) is 0 Å². The lowest BCUT2D eigenvalue weighted by atomic mass is 9.73. The molecular weight excluding hydrogens is 368 g/mol. The van der Waals surface area contributed by atoms with E-state index in [2.05, 4.69) is 5.32 Å². The van der Waals surface area contributed by atoms with Gasteiger partial charge in [-0.05, 0) is 62.6 Å². The standard InChI is InChI=1S/C23H26N2O4/c1-22(2,29-17-10-8-16(28-3)9-11-17)21(27)25-14-12-23(13-15-25)18-6-4-5-7-19(18)24-20(23)26/h4-11H,12-15H2,1-3H3,(H,24,26). The van der Waals surface area contributed by atoms with Crippen LogP contribution >= 0.6 is 0 Å². The molecule has 152 valence electrons. The van der Waals surface area contributed by atoms with Gasteiger partial charge in [0.15, 0.2) is 5.60 Å². The molecular formula is C23H26N2O4. The van der Waals surface area contributed by atoms with E-state index in [1.54, 1.807) is 45.2 Å². The first-order chi connectivity index (χ1) is 13.9. The lowest BCUT2D eigenvalue weighted by molar-refractivity contribution is -0.148. The highest BCUT2D eigenvalue weighted by Gasteiger charge is 2.49. The number of nitrogens with zero attached hydrogens (tertiary/aromatic N) is 1. The van der Waals surface area contributed by atoms with Crippen molar-refractivity contribution in [3.05, 3.63) is 54.1 Å². The summed E-state index contributed by atoms with van der Waals surface area (Å²) in [6.45, 7) is 4.61. The van der Waals surface area contributed by atoms with Gasteiger partial charge in [0.1, 0.15) is 11.5 Å². The van der Waals surface area contributed by atoms with Crippen LogP contribution in [0.25, 0.3) is 0 Å². The summed E-state index contributed by atoms with van der Waals surface area (Å²) in [5, 5.41) is 3.00. The summed E-state index contributed by atoms with van der Waals surface area (Å²) in [6, 6.07) is 15.0. The number of carbonyl (C=O) groups is 2. The highest BCUT2D eigenvalue weighted by molar-refractivity contribution is 6.06. The summed E-state index contributed by atoms with van der Waals surface area (Å²) >= 11 is 0. The second kappa shape index (κ2) is 7.10. The minimum atomic E-state index is -1.01. The zero-order chi connectivity index (χ0) is 20.6. The fourth-order valence-electron chi connectivity index (χ4n) is 4.32. The molecule has 0 atom stereocenters. The first-order valence-corrected chi connectivity index (χ1v) is 9.89. The second-order valence-corrected chi connectivity index (χ2v) is 8.16. The van der Waals surface area contributed by atoms with Gasteiger partial charge in [-0.25, -0.2) is 0 Å². The Labute approximate surface area is 170 Å². The molecule has 1 fully saturated rings. The molecule has 1 saturated heterocycles. The average molecular weight is 394 g/mol. The van der Waals surface area contributed by atoms with Gasteiger partial charge in [0.05, 0.1) is 12.5 Å².